The first-order valence-corrected chi connectivity index (χ1v) is 6.96. The predicted molar refractivity (Wildman–Crippen MR) is 82.3 cm³/mol. The van der Waals surface area contributed by atoms with Crippen LogP contribution in [0.5, 0.6) is 0 Å². The van der Waals surface area contributed by atoms with Crippen LogP contribution in [0.4, 0.5) is 5.82 Å². The summed E-state index contributed by atoms with van der Waals surface area (Å²) in [6.45, 7) is 3.36. The van der Waals surface area contributed by atoms with Crippen molar-refractivity contribution < 1.29 is 0 Å². The summed E-state index contributed by atoms with van der Waals surface area (Å²) in [5.74, 6) is 0.872. The van der Waals surface area contributed by atoms with Crippen LogP contribution in [0.25, 0.3) is 10.8 Å². The van der Waals surface area contributed by atoms with Gasteiger partial charge in [-0.3, -0.25) is 4.79 Å². The molecule has 1 aliphatic heterocycles. The summed E-state index contributed by atoms with van der Waals surface area (Å²) in [5, 5.41) is 1.70. The first-order chi connectivity index (χ1) is 9.69. The lowest BCUT2D eigenvalue weighted by atomic mass is 10.1. The van der Waals surface area contributed by atoms with E-state index in [9.17, 15) is 4.79 Å². The fourth-order valence-electron chi connectivity index (χ4n) is 2.88. The Labute approximate surface area is 118 Å². The predicted octanol–water partition coefficient (Wildman–Crippen LogP) is 0.607. The number of likely N-dealkylation sites (N-methyl/N-ethyl adjacent to an activating group) is 1. The Kier molecular flexibility index (Phi) is 3.46. The van der Waals surface area contributed by atoms with Crippen LogP contribution < -0.4 is 16.2 Å². The highest BCUT2D eigenvalue weighted by Crippen LogP contribution is 2.20. The van der Waals surface area contributed by atoms with Gasteiger partial charge in [0.25, 0.3) is 5.56 Å². The molecule has 5 heteroatoms. The fourth-order valence-corrected chi connectivity index (χ4v) is 2.88. The molecule has 1 unspecified atom stereocenters. The Morgan fingerprint density at radius 3 is 2.95 bits per heavy atom. The zero-order valence-corrected chi connectivity index (χ0v) is 11.7. The normalized spacial score (nSPS) is 20.5. The summed E-state index contributed by atoms with van der Waals surface area (Å²) in [6, 6.07) is 9.95. The molecular formula is C15H20N4O. The lowest BCUT2D eigenvalue weighted by Gasteiger charge is -2.40. The molecule has 2 aromatic rings. The van der Waals surface area contributed by atoms with E-state index in [2.05, 4.69) is 21.8 Å². The summed E-state index contributed by atoms with van der Waals surface area (Å²) in [4.78, 5) is 19.7. The van der Waals surface area contributed by atoms with Gasteiger partial charge >= 0.3 is 0 Å². The van der Waals surface area contributed by atoms with Crippen LogP contribution in [0.1, 0.15) is 0 Å². The summed E-state index contributed by atoms with van der Waals surface area (Å²) < 4.78 is 0. The molecule has 20 heavy (non-hydrogen) atoms. The first-order valence-electron chi connectivity index (χ1n) is 6.96. The number of aromatic nitrogens is 1. The molecule has 5 nitrogen and oxygen atoms in total. The van der Waals surface area contributed by atoms with Gasteiger partial charge in [0, 0.05) is 31.6 Å². The Morgan fingerprint density at radius 2 is 2.15 bits per heavy atom. The number of pyridine rings is 1. The molecule has 1 aromatic heterocycles. The van der Waals surface area contributed by atoms with E-state index in [0.717, 1.165) is 36.2 Å². The van der Waals surface area contributed by atoms with Crippen LogP contribution in [0.2, 0.25) is 0 Å². The van der Waals surface area contributed by atoms with Crippen LogP contribution in [-0.4, -0.2) is 49.2 Å². The van der Waals surface area contributed by atoms with Gasteiger partial charge in [-0.05, 0) is 24.6 Å². The van der Waals surface area contributed by atoms with Crippen molar-refractivity contribution >= 4 is 16.6 Å². The van der Waals surface area contributed by atoms with E-state index < -0.39 is 0 Å². The number of hydrogen-bond donors (Lipinski definition) is 2. The molecule has 3 N–H and O–H groups in total. The van der Waals surface area contributed by atoms with Gasteiger partial charge in [0.1, 0.15) is 5.82 Å². The summed E-state index contributed by atoms with van der Waals surface area (Å²) >= 11 is 0. The number of benzene rings is 1. The number of aromatic amines is 1. The third-order valence-electron chi connectivity index (χ3n) is 4.01. The molecule has 1 aromatic carbocycles. The zero-order chi connectivity index (χ0) is 14.1. The Balaban J connectivity index is 2.03. The molecular weight excluding hydrogens is 252 g/mol. The van der Waals surface area contributed by atoms with Gasteiger partial charge < -0.3 is 20.5 Å². The average Bonchev–Trinajstić information content (AvgIpc) is 2.47. The van der Waals surface area contributed by atoms with E-state index in [4.69, 9.17) is 5.73 Å². The van der Waals surface area contributed by atoms with Gasteiger partial charge in [-0.25, -0.2) is 0 Å². The molecule has 0 radical (unpaired) electrons. The van der Waals surface area contributed by atoms with Gasteiger partial charge in [0.05, 0.1) is 6.04 Å². The number of hydrogen-bond acceptors (Lipinski definition) is 4. The van der Waals surface area contributed by atoms with E-state index >= 15 is 0 Å². The smallest absolute Gasteiger partial charge is 0.257 e. The molecule has 106 valence electrons. The second-order valence-electron chi connectivity index (χ2n) is 5.42. The van der Waals surface area contributed by atoms with Gasteiger partial charge in [-0.2, -0.15) is 0 Å². The third-order valence-corrected chi connectivity index (χ3v) is 4.01. The van der Waals surface area contributed by atoms with Crippen molar-refractivity contribution in [2.24, 2.45) is 5.73 Å². The van der Waals surface area contributed by atoms with Crippen molar-refractivity contribution in [1.29, 1.82) is 0 Å². The number of nitrogens with one attached hydrogen (secondary N) is 1. The van der Waals surface area contributed by atoms with Crippen molar-refractivity contribution in [2.45, 2.75) is 6.04 Å². The first kappa shape index (κ1) is 13.1. The number of H-pyrrole nitrogens is 1. The van der Waals surface area contributed by atoms with Crippen molar-refractivity contribution in [3.05, 3.63) is 40.7 Å². The number of anilines is 1. The van der Waals surface area contributed by atoms with E-state index in [-0.39, 0.29) is 11.6 Å². The van der Waals surface area contributed by atoms with Crippen LogP contribution in [0.3, 0.4) is 0 Å². The van der Waals surface area contributed by atoms with E-state index in [0.29, 0.717) is 6.54 Å². The number of fused-ring (bicyclic) bond motifs is 1. The number of piperazine rings is 1. The molecule has 0 bridgehead atoms. The minimum Gasteiger partial charge on any atom is -0.351 e. The summed E-state index contributed by atoms with van der Waals surface area (Å²) in [5.41, 5.74) is 5.85. The Hall–Kier alpha value is -1.85. The molecule has 1 atom stereocenters. The molecule has 0 spiro atoms. The zero-order valence-electron chi connectivity index (χ0n) is 11.7. The van der Waals surface area contributed by atoms with E-state index in [1.165, 1.54) is 0 Å². The maximum absolute atomic E-state index is 12.2. The van der Waals surface area contributed by atoms with Crippen molar-refractivity contribution in [3.63, 3.8) is 0 Å². The number of nitrogens with two attached hydrogens (primary N) is 1. The molecule has 0 saturated carbocycles. The number of rotatable bonds is 2. The average molecular weight is 272 g/mol. The van der Waals surface area contributed by atoms with Gasteiger partial charge in [-0.1, -0.05) is 18.2 Å². The lowest BCUT2D eigenvalue weighted by Crippen LogP contribution is -2.55. The van der Waals surface area contributed by atoms with Crippen molar-refractivity contribution in [3.8, 4) is 0 Å². The highest BCUT2D eigenvalue weighted by molar-refractivity contribution is 5.83. The largest absolute Gasteiger partial charge is 0.351 e. The SMILES string of the molecule is CN1CCN(c2cc3ccccc3c(=O)[nH]2)C(CN)C1. The Morgan fingerprint density at radius 1 is 1.35 bits per heavy atom. The van der Waals surface area contributed by atoms with E-state index in [1.54, 1.807) is 0 Å². The topological polar surface area (TPSA) is 65.4 Å². The third kappa shape index (κ3) is 2.30. The van der Waals surface area contributed by atoms with Gasteiger partial charge in [0.2, 0.25) is 0 Å². The van der Waals surface area contributed by atoms with E-state index in [1.807, 2.05) is 30.3 Å². The molecule has 1 saturated heterocycles. The molecule has 0 aliphatic carbocycles. The van der Waals surface area contributed by atoms with Gasteiger partial charge in [-0.15, -0.1) is 0 Å². The maximum Gasteiger partial charge on any atom is 0.257 e. The van der Waals surface area contributed by atoms with Crippen LogP contribution in [0.15, 0.2) is 35.1 Å². The van der Waals surface area contributed by atoms with Crippen LogP contribution in [0, 0.1) is 0 Å². The quantitative estimate of drug-likeness (QED) is 0.840. The molecule has 0 amide bonds. The standard InChI is InChI=1S/C15H20N4O/c1-18-6-7-19(12(9-16)10-18)14-8-11-4-2-3-5-13(11)15(20)17-14/h2-5,8,12H,6-7,9-10,16H2,1H3,(H,17,20). The second-order valence-corrected chi connectivity index (χ2v) is 5.42. The molecule has 1 fully saturated rings. The fraction of sp³-hybridized carbons (Fsp3) is 0.400. The van der Waals surface area contributed by atoms with Crippen LogP contribution in [-0.2, 0) is 0 Å². The highest BCUT2D eigenvalue weighted by atomic mass is 16.1. The number of nitrogens with zero attached hydrogens (tertiary/aromatic N) is 2. The van der Waals surface area contributed by atoms with Crippen molar-refractivity contribution in [1.82, 2.24) is 9.88 Å². The van der Waals surface area contributed by atoms with Crippen LogP contribution >= 0.6 is 0 Å². The maximum atomic E-state index is 12.2. The molecule has 1 aliphatic rings. The lowest BCUT2D eigenvalue weighted by molar-refractivity contribution is 0.269. The second kappa shape index (κ2) is 5.26. The minimum atomic E-state index is -0.0344. The van der Waals surface area contributed by atoms with Gasteiger partial charge in [0.15, 0.2) is 0 Å². The summed E-state index contributed by atoms with van der Waals surface area (Å²) in [6.07, 6.45) is 0. The van der Waals surface area contributed by atoms with Crippen molar-refractivity contribution in [2.75, 3.05) is 38.1 Å². The molecule has 3 rings (SSSR count). The highest BCUT2D eigenvalue weighted by Gasteiger charge is 2.25. The monoisotopic (exact) mass is 272 g/mol. The summed E-state index contributed by atoms with van der Waals surface area (Å²) in [7, 11) is 2.10. The minimum absolute atomic E-state index is 0.0344. The Bertz CT molecular complexity index is 666. The molecule has 2 heterocycles.